The molecule has 1 heterocycles. The topological polar surface area (TPSA) is 119 Å². The minimum Gasteiger partial charge on any atom is -0.504 e. The zero-order chi connectivity index (χ0) is 14.8. The number of aliphatic hydroxyl groups is 2. The molecule has 1 saturated heterocycles. The van der Waals surface area contributed by atoms with Crippen molar-refractivity contribution < 1.29 is 30.0 Å². The highest BCUT2D eigenvalue weighted by Gasteiger charge is 2.50. The number of esters is 1. The molecule has 0 unspecified atom stereocenters. The number of aromatic hydroxyl groups is 2. The van der Waals surface area contributed by atoms with Crippen LogP contribution in [0.4, 0.5) is 0 Å². The predicted octanol–water partition coefficient (Wildman–Crippen LogP) is -0.601. The maximum Gasteiger partial charge on any atom is 0.331 e. The summed E-state index contributed by atoms with van der Waals surface area (Å²) < 4.78 is 4.61. The summed E-state index contributed by atoms with van der Waals surface area (Å²) in [7, 11) is 0. The van der Waals surface area contributed by atoms with E-state index in [1.807, 2.05) is 0 Å². The fourth-order valence-electron chi connectivity index (χ4n) is 2.65. The fourth-order valence-corrected chi connectivity index (χ4v) is 2.65. The van der Waals surface area contributed by atoms with E-state index in [0.29, 0.717) is 18.5 Å². The SMILES string of the molecule is O=C(OCO)[C@]1(CO)NCC[C@@H]1c1ccc(O)c(O)c1. The molecule has 20 heavy (non-hydrogen) atoms. The number of ether oxygens (including phenoxy) is 1. The lowest BCUT2D eigenvalue weighted by Gasteiger charge is -2.31. The van der Waals surface area contributed by atoms with E-state index >= 15 is 0 Å². The predicted molar refractivity (Wildman–Crippen MR) is 68.1 cm³/mol. The van der Waals surface area contributed by atoms with Crippen molar-refractivity contribution >= 4 is 5.97 Å². The zero-order valence-corrected chi connectivity index (χ0v) is 10.7. The summed E-state index contributed by atoms with van der Waals surface area (Å²) in [6.45, 7) is -0.790. The molecule has 0 aliphatic carbocycles. The quantitative estimate of drug-likeness (QED) is 0.284. The van der Waals surface area contributed by atoms with Gasteiger partial charge in [-0.1, -0.05) is 6.07 Å². The standard InChI is InChI=1S/C13H17NO6/c15-6-13(12(19)20-7-16)9(3-4-14-13)8-1-2-10(17)11(18)5-8/h1-2,5,9,14-18H,3-4,6-7H2/t9-,13-/m1/s1. The number of hydrogen-bond acceptors (Lipinski definition) is 7. The molecule has 0 spiro atoms. The van der Waals surface area contributed by atoms with Gasteiger partial charge in [-0.25, -0.2) is 4.79 Å². The van der Waals surface area contributed by atoms with Crippen LogP contribution in [0.25, 0.3) is 0 Å². The third-order valence-electron chi connectivity index (χ3n) is 3.68. The van der Waals surface area contributed by atoms with Crippen LogP contribution in [0.15, 0.2) is 18.2 Å². The Kier molecular flexibility index (Phi) is 4.12. The summed E-state index contributed by atoms with van der Waals surface area (Å²) >= 11 is 0. The highest BCUT2D eigenvalue weighted by Crippen LogP contribution is 2.39. The van der Waals surface area contributed by atoms with Crippen LogP contribution in [0.3, 0.4) is 0 Å². The van der Waals surface area contributed by atoms with E-state index in [1.54, 1.807) is 6.07 Å². The van der Waals surface area contributed by atoms with Gasteiger partial charge in [-0.3, -0.25) is 5.32 Å². The van der Waals surface area contributed by atoms with Crippen LogP contribution in [-0.4, -0.2) is 51.9 Å². The molecular weight excluding hydrogens is 266 g/mol. The van der Waals surface area contributed by atoms with Crippen molar-refractivity contribution in [2.24, 2.45) is 0 Å². The van der Waals surface area contributed by atoms with Gasteiger partial charge in [0, 0.05) is 5.92 Å². The van der Waals surface area contributed by atoms with Crippen molar-refractivity contribution in [1.29, 1.82) is 0 Å². The van der Waals surface area contributed by atoms with Gasteiger partial charge >= 0.3 is 5.97 Å². The molecule has 2 rings (SSSR count). The van der Waals surface area contributed by atoms with Gasteiger partial charge in [0.1, 0.15) is 5.54 Å². The van der Waals surface area contributed by atoms with E-state index in [0.717, 1.165) is 0 Å². The van der Waals surface area contributed by atoms with E-state index in [-0.39, 0.29) is 11.5 Å². The number of carbonyl (C=O) groups excluding carboxylic acids is 1. The second-order valence-electron chi connectivity index (χ2n) is 4.71. The molecule has 1 aliphatic rings. The lowest BCUT2D eigenvalue weighted by Crippen LogP contribution is -2.55. The first-order valence-electron chi connectivity index (χ1n) is 6.21. The number of nitrogens with one attached hydrogen (secondary N) is 1. The van der Waals surface area contributed by atoms with E-state index in [1.165, 1.54) is 12.1 Å². The Bertz CT molecular complexity index is 506. The number of benzene rings is 1. The first-order valence-corrected chi connectivity index (χ1v) is 6.21. The molecular formula is C13H17NO6. The van der Waals surface area contributed by atoms with Crippen LogP contribution in [0.1, 0.15) is 17.9 Å². The number of hydrogen-bond donors (Lipinski definition) is 5. The minimum atomic E-state index is -1.36. The van der Waals surface area contributed by atoms with E-state index in [2.05, 4.69) is 10.1 Å². The molecule has 2 atom stereocenters. The van der Waals surface area contributed by atoms with Gasteiger partial charge in [-0.2, -0.15) is 0 Å². The lowest BCUT2D eigenvalue weighted by molar-refractivity contribution is -0.161. The summed E-state index contributed by atoms with van der Waals surface area (Å²) in [5, 5.41) is 40.1. The van der Waals surface area contributed by atoms with Crippen molar-refractivity contribution in [3.63, 3.8) is 0 Å². The number of phenols is 2. The molecule has 7 heteroatoms. The maximum atomic E-state index is 12.0. The van der Waals surface area contributed by atoms with Gasteiger partial charge in [0.05, 0.1) is 6.61 Å². The summed E-state index contributed by atoms with van der Waals surface area (Å²) in [5.74, 6) is -1.74. The molecule has 1 aromatic rings. The van der Waals surface area contributed by atoms with Gasteiger partial charge in [-0.05, 0) is 30.7 Å². The summed E-state index contributed by atoms with van der Waals surface area (Å²) in [6.07, 6.45) is 0.547. The number of phenolic OH excluding ortho intramolecular Hbond substituents is 2. The molecule has 0 amide bonds. The van der Waals surface area contributed by atoms with Crippen molar-refractivity contribution in [1.82, 2.24) is 5.32 Å². The molecule has 0 bridgehead atoms. The highest BCUT2D eigenvalue weighted by molar-refractivity contribution is 5.83. The largest absolute Gasteiger partial charge is 0.504 e. The Morgan fingerprint density at radius 2 is 2.10 bits per heavy atom. The first kappa shape index (κ1) is 14.6. The third kappa shape index (κ3) is 2.31. The van der Waals surface area contributed by atoms with E-state index in [4.69, 9.17) is 5.11 Å². The van der Waals surface area contributed by atoms with Crippen LogP contribution < -0.4 is 5.32 Å². The Labute approximate surface area is 115 Å². The van der Waals surface area contributed by atoms with Crippen LogP contribution in [0.2, 0.25) is 0 Å². The second-order valence-corrected chi connectivity index (χ2v) is 4.71. The van der Waals surface area contributed by atoms with Crippen LogP contribution in [0.5, 0.6) is 11.5 Å². The Morgan fingerprint density at radius 1 is 1.35 bits per heavy atom. The van der Waals surface area contributed by atoms with Crippen molar-refractivity contribution in [2.75, 3.05) is 19.9 Å². The molecule has 5 N–H and O–H groups in total. The lowest BCUT2D eigenvalue weighted by atomic mass is 9.81. The van der Waals surface area contributed by atoms with Gasteiger partial charge in [-0.15, -0.1) is 0 Å². The first-order chi connectivity index (χ1) is 9.55. The Balaban J connectivity index is 2.37. The second kappa shape index (κ2) is 5.66. The Hall–Kier alpha value is -1.83. The molecule has 110 valence electrons. The molecule has 1 fully saturated rings. The fraction of sp³-hybridized carbons (Fsp3) is 0.462. The number of carbonyl (C=O) groups is 1. The van der Waals surface area contributed by atoms with E-state index < -0.39 is 30.8 Å². The molecule has 1 aliphatic heterocycles. The Morgan fingerprint density at radius 3 is 2.70 bits per heavy atom. The normalized spacial score (nSPS) is 25.6. The van der Waals surface area contributed by atoms with Gasteiger partial charge in [0.25, 0.3) is 0 Å². The zero-order valence-electron chi connectivity index (χ0n) is 10.7. The number of rotatable bonds is 4. The average Bonchev–Trinajstić information content (AvgIpc) is 2.87. The van der Waals surface area contributed by atoms with Gasteiger partial charge in [0.15, 0.2) is 18.3 Å². The maximum absolute atomic E-state index is 12.0. The van der Waals surface area contributed by atoms with Crippen molar-refractivity contribution in [3.05, 3.63) is 23.8 Å². The van der Waals surface area contributed by atoms with Crippen molar-refractivity contribution in [2.45, 2.75) is 17.9 Å². The highest BCUT2D eigenvalue weighted by atomic mass is 16.6. The van der Waals surface area contributed by atoms with Gasteiger partial charge < -0.3 is 25.2 Å². The molecule has 7 nitrogen and oxygen atoms in total. The summed E-state index contributed by atoms with van der Waals surface area (Å²) in [5.41, 5.74) is -0.763. The van der Waals surface area contributed by atoms with Crippen molar-refractivity contribution in [3.8, 4) is 11.5 Å². The molecule has 0 radical (unpaired) electrons. The summed E-state index contributed by atoms with van der Waals surface area (Å²) in [4.78, 5) is 12.0. The van der Waals surface area contributed by atoms with Crippen LogP contribution in [0, 0.1) is 0 Å². The smallest absolute Gasteiger partial charge is 0.331 e. The minimum absolute atomic E-state index is 0.257. The average molecular weight is 283 g/mol. The number of aliphatic hydroxyl groups excluding tert-OH is 2. The molecule has 0 aromatic heterocycles. The monoisotopic (exact) mass is 283 g/mol. The molecule has 0 saturated carbocycles. The van der Waals surface area contributed by atoms with Gasteiger partial charge in [0.2, 0.25) is 0 Å². The van der Waals surface area contributed by atoms with Crippen LogP contribution >= 0.6 is 0 Å². The summed E-state index contributed by atoms with van der Waals surface area (Å²) in [6, 6.07) is 4.25. The van der Waals surface area contributed by atoms with Crippen LogP contribution in [-0.2, 0) is 9.53 Å². The van der Waals surface area contributed by atoms with E-state index in [9.17, 15) is 20.1 Å². The molecule has 1 aromatic carbocycles. The third-order valence-corrected chi connectivity index (χ3v) is 3.68.